The number of carbonyl (C=O) groups excluding carboxylic acids is 1. The van der Waals surface area contributed by atoms with E-state index in [9.17, 15) is 4.79 Å². The van der Waals surface area contributed by atoms with Gasteiger partial charge in [0.2, 0.25) is 0 Å². The summed E-state index contributed by atoms with van der Waals surface area (Å²) < 4.78 is 5.13. The van der Waals surface area contributed by atoms with Gasteiger partial charge in [-0.1, -0.05) is 11.2 Å². The molecule has 0 atom stereocenters. The zero-order chi connectivity index (χ0) is 17.0. The number of pyridine rings is 1. The first-order valence-electron chi connectivity index (χ1n) is 7.42. The Labute approximate surface area is 136 Å². The summed E-state index contributed by atoms with van der Waals surface area (Å²) in [7, 11) is 5.60. The van der Waals surface area contributed by atoms with E-state index in [-0.39, 0.29) is 6.03 Å². The first-order valence-corrected chi connectivity index (χ1v) is 7.42. The van der Waals surface area contributed by atoms with E-state index < -0.39 is 0 Å². The summed E-state index contributed by atoms with van der Waals surface area (Å²) in [6.45, 7) is 4.60. The second-order valence-electron chi connectivity index (χ2n) is 5.70. The summed E-state index contributed by atoms with van der Waals surface area (Å²) in [5.74, 6) is 1.59. The summed E-state index contributed by atoms with van der Waals surface area (Å²) in [6.07, 6.45) is 1.74. The number of amides is 2. The van der Waals surface area contributed by atoms with Crippen LogP contribution in [0.2, 0.25) is 0 Å². The van der Waals surface area contributed by atoms with Gasteiger partial charge in [0.25, 0.3) is 0 Å². The minimum absolute atomic E-state index is 0.154. The molecule has 0 radical (unpaired) electrons. The lowest BCUT2D eigenvalue weighted by molar-refractivity contribution is 0.206. The Bertz CT molecular complexity index is 661. The van der Waals surface area contributed by atoms with Crippen LogP contribution in [-0.4, -0.2) is 42.2 Å². The summed E-state index contributed by atoms with van der Waals surface area (Å²) in [6, 6.07) is 3.66. The van der Waals surface area contributed by atoms with E-state index in [0.717, 1.165) is 28.4 Å². The largest absolute Gasteiger partial charge is 0.362 e. The Kier molecular flexibility index (Phi) is 5.20. The zero-order valence-electron chi connectivity index (χ0n) is 14.3. The average Bonchev–Trinajstić information content (AvgIpc) is 2.84. The fourth-order valence-corrected chi connectivity index (χ4v) is 2.31. The van der Waals surface area contributed by atoms with E-state index in [1.54, 1.807) is 18.1 Å². The Balaban J connectivity index is 1.97. The van der Waals surface area contributed by atoms with Crippen LogP contribution in [0.1, 0.15) is 22.6 Å². The Morgan fingerprint density at radius 2 is 2.04 bits per heavy atom. The van der Waals surface area contributed by atoms with Crippen LogP contribution in [-0.2, 0) is 13.1 Å². The number of nitrogens with one attached hydrogen (secondary N) is 1. The molecular formula is C16H23N5O2. The van der Waals surface area contributed by atoms with Gasteiger partial charge in [-0.05, 0) is 19.9 Å². The van der Waals surface area contributed by atoms with Crippen molar-refractivity contribution in [3.05, 3.63) is 40.9 Å². The molecule has 0 aliphatic heterocycles. The van der Waals surface area contributed by atoms with E-state index in [4.69, 9.17) is 4.52 Å². The van der Waals surface area contributed by atoms with Crippen LogP contribution in [0.15, 0.2) is 22.9 Å². The van der Waals surface area contributed by atoms with Crippen molar-refractivity contribution in [2.24, 2.45) is 0 Å². The molecule has 0 aromatic carbocycles. The number of nitrogens with zero attached hydrogens (tertiary/aromatic N) is 4. The molecule has 0 aliphatic carbocycles. The van der Waals surface area contributed by atoms with Gasteiger partial charge in [-0.25, -0.2) is 9.78 Å². The van der Waals surface area contributed by atoms with Crippen molar-refractivity contribution in [1.29, 1.82) is 0 Å². The molecule has 0 aliphatic rings. The van der Waals surface area contributed by atoms with Crippen molar-refractivity contribution >= 4 is 11.8 Å². The molecule has 23 heavy (non-hydrogen) atoms. The Morgan fingerprint density at radius 3 is 2.65 bits per heavy atom. The normalized spacial score (nSPS) is 10.5. The molecule has 7 nitrogen and oxygen atoms in total. The second-order valence-corrected chi connectivity index (χ2v) is 5.70. The number of carbonyl (C=O) groups is 1. The van der Waals surface area contributed by atoms with Crippen molar-refractivity contribution in [3.63, 3.8) is 0 Å². The SMILES string of the molecule is Cc1noc(C)c1CN(C)C(=O)NCc1cccnc1N(C)C. The summed E-state index contributed by atoms with van der Waals surface area (Å²) >= 11 is 0. The topological polar surface area (TPSA) is 74.5 Å². The highest BCUT2D eigenvalue weighted by Gasteiger charge is 2.15. The van der Waals surface area contributed by atoms with E-state index in [1.807, 2.05) is 45.0 Å². The highest BCUT2D eigenvalue weighted by molar-refractivity contribution is 5.74. The van der Waals surface area contributed by atoms with Crippen molar-refractivity contribution in [3.8, 4) is 0 Å². The van der Waals surface area contributed by atoms with Crippen LogP contribution in [0.5, 0.6) is 0 Å². The van der Waals surface area contributed by atoms with Gasteiger partial charge in [-0.3, -0.25) is 0 Å². The minimum Gasteiger partial charge on any atom is -0.362 e. The maximum atomic E-state index is 12.3. The molecule has 0 saturated carbocycles. The van der Waals surface area contributed by atoms with Crippen molar-refractivity contribution < 1.29 is 9.32 Å². The lowest BCUT2D eigenvalue weighted by atomic mass is 10.2. The zero-order valence-corrected chi connectivity index (χ0v) is 14.3. The van der Waals surface area contributed by atoms with Crippen LogP contribution < -0.4 is 10.2 Å². The van der Waals surface area contributed by atoms with E-state index in [0.29, 0.717) is 13.1 Å². The molecule has 0 unspecified atom stereocenters. The molecule has 0 fully saturated rings. The molecule has 1 N–H and O–H groups in total. The number of anilines is 1. The molecule has 2 heterocycles. The third kappa shape index (κ3) is 4.00. The fourth-order valence-electron chi connectivity index (χ4n) is 2.31. The lowest BCUT2D eigenvalue weighted by Crippen LogP contribution is -2.36. The highest BCUT2D eigenvalue weighted by atomic mass is 16.5. The maximum Gasteiger partial charge on any atom is 0.317 e. The molecule has 0 saturated heterocycles. The van der Waals surface area contributed by atoms with Gasteiger partial charge < -0.3 is 19.6 Å². The number of urea groups is 1. The maximum absolute atomic E-state index is 12.3. The van der Waals surface area contributed by atoms with E-state index in [1.165, 1.54) is 0 Å². The Morgan fingerprint density at radius 1 is 1.30 bits per heavy atom. The minimum atomic E-state index is -0.154. The average molecular weight is 317 g/mol. The Hall–Kier alpha value is -2.57. The fraction of sp³-hybridized carbons (Fsp3) is 0.438. The lowest BCUT2D eigenvalue weighted by Gasteiger charge is -2.20. The van der Waals surface area contributed by atoms with Gasteiger partial charge >= 0.3 is 6.03 Å². The highest BCUT2D eigenvalue weighted by Crippen LogP contribution is 2.15. The van der Waals surface area contributed by atoms with Crippen LogP contribution >= 0.6 is 0 Å². The molecule has 2 rings (SSSR count). The van der Waals surface area contributed by atoms with Crippen LogP contribution in [0.4, 0.5) is 10.6 Å². The predicted octanol–water partition coefficient (Wildman–Crippen LogP) is 2.09. The number of rotatable bonds is 5. The number of aromatic nitrogens is 2. The molecule has 0 bridgehead atoms. The van der Waals surface area contributed by atoms with Crippen molar-refractivity contribution in [1.82, 2.24) is 20.4 Å². The predicted molar refractivity (Wildman–Crippen MR) is 88.2 cm³/mol. The van der Waals surface area contributed by atoms with Gasteiger partial charge in [0.05, 0.1) is 12.2 Å². The van der Waals surface area contributed by atoms with Crippen molar-refractivity contribution in [2.45, 2.75) is 26.9 Å². The number of hydrogen-bond acceptors (Lipinski definition) is 5. The molecule has 2 aromatic heterocycles. The van der Waals surface area contributed by atoms with Gasteiger partial charge in [0, 0.05) is 45.0 Å². The summed E-state index contributed by atoms with van der Waals surface area (Å²) in [5, 5.41) is 6.82. The standard InChI is InChI=1S/C16H23N5O2/c1-11-14(12(2)23-19-11)10-21(5)16(22)18-9-13-7-6-8-17-15(13)20(3)4/h6-8H,9-10H2,1-5H3,(H,18,22). The van der Waals surface area contributed by atoms with Gasteiger partial charge in [-0.15, -0.1) is 0 Å². The van der Waals surface area contributed by atoms with Crippen LogP contribution in [0.25, 0.3) is 0 Å². The molecule has 7 heteroatoms. The molecule has 124 valence electrons. The molecular weight excluding hydrogens is 294 g/mol. The third-order valence-electron chi connectivity index (χ3n) is 3.64. The first-order chi connectivity index (χ1) is 10.9. The number of aryl methyl sites for hydroxylation is 2. The van der Waals surface area contributed by atoms with E-state index in [2.05, 4.69) is 15.5 Å². The van der Waals surface area contributed by atoms with Crippen LogP contribution in [0, 0.1) is 13.8 Å². The van der Waals surface area contributed by atoms with E-state index >= 15 is 0 Å². The van der Waals surface area contributed by atoms with Crippen LogP contribution in [0.3, 0.4) is 0 Å². The quantitative estimate of drug-likeness (QED) is 0.914. The van der Waals surface area contributed by atoms with Crippen molar-refractivity contribution in [2.75, 3.05) is 26.0 Å². The third-order valence-corrected chi connectivity index (χ3v) is 3.64. The number of hydrogen-bond donors (Lipinski definition) is 1. The molecule has 0 spiro atoms. The summed E-state index contributed by atoms with van der Waals surface area (Å²) in [5.41, 5.74) is 2.72. The summed E-state index contributed by atoms with van der Waals surface area (Å²) in [4.78, 5) is 20.1. The first kappa shape index (κ1) is 16.8. The smallest absolute Gasteiger partial charge is 0.317 e. The van der Waals surface area contributed by atoms with Gasteiger partial charge in [0.1, 0.15) is 11.6 Å². The molecule has 2 aromatic rings. The van der Waals surface area contributed by atoms with Gasteiger partial charge in [-0.2, -0.15) is 0 Å². The van der Waals surface area contributed by atoms with Gasteiger partial charge in [0.15, 0.2) is 0 Å². The monoisotopic (exact) mass is 317 g/mol. The second kappa shape index (κ2) is 7.13. The molecule has 2 amide bonds.